The van der Waals surface area contributed by atoms with Gasteiger partial charge in [-0.2, -0.15) is 5.10 Å². The monoisotopic (exact) mass is 384 g/mol. The fourth-order valence-electron chi connectivity index (χ4n) is 3.03. The molecule has 0 spiro atoms. The Morgan fingerprint density at radius 2 is 1.86 bits per heavy atom. The molecule has 2 amide bonds. The topological polar surface area (TPSA) is 50.2 Å². The van der Waals surface area contributed by atoms with Crippen molar-refractivity contribution in [2.45, 2.75) is 26.9 Å². The smallest absolute Gasteiger partial charge is 0.317 e. The molecule has 1 N–H and O–H groups in total. The van der Waals surface area contributed by atoms with E-state index in [1.807, 2.05) is 48.9 Å². The molecule has 28 heavy (non-hydrogen) atoms. The minimum absolute atomic E-state index is 0.0409. The summed E-state index contributed by atoms with van der Waals surface area (Å²) < 4.78 is 28.6. The number of para-hydroxylation sites is 1. The summed E-state index contributed by atoms with van der Waals surface area (Å²) in [5.74, 6) is -1.31. The van der Waals surface area contributed by atoms with Gasteiger partial charge in [-0.3, -0.25) is 0 Å². The molecule has 0 saturated carbocycles. The summed E-state index contributed by atoms with van der Waals surface area (Å²) in [6, 6.07) is 12.7. The van der Waals surface area contributed by atoms with Gasteiger partial charge >= 0.3 is 6.03 Å². The van der Waals surface area contributed by atoms with E-state index in [4.69, 9.17) is 0 Å². The second-order valence-electron chi connectivity index (χ2n) is 6.65. The van der Waals surface area contributed by atoms with Crippen molar-refractivity contribution in [3.63, 3.8) is 0 Å². The highest BCUT2D eigenvalue weighted by Gasteiger charge is 2.16. The lowest BCUT2D eigenvalue weighted by atomic mass is 10.2. The van der Waals surface area contributed by atoms with E-state index in [1.54, 1.807) is 7.05 Å². The summed E-state index contributed by atoms with van der Waals surface area (Å²) in [6.07, 6.45) is 0. The summed E-state index contributed by atoms with van der Waals surface area (Å²) >= 11 is 0. The molecule has 1 aromatic heterocycles. The Morgan fingerprint density at radius 1 is 1.14 bits per heavy atom. The highest BCUT2D eigenvalue weighted by Crippen LogP contribution is 2.18. The molecular formula is C21H22F2N4O. The third-order valence-corrected chi connectivity index (χ3v) is 4.63. The van der Waals surface area contributed by atoms with Crippen LogP contribution in [0.3, 0.4) is 0 Å². The zero-order chi connectivity index (χ0) is 20.3. The molecule has 1 heterocycles. The van der Waals surface area contributed by atoms with Gasteiger partial charge in [0.25, 0.3) is 0 Å². The van der Waals surface area contributed by atoms with Crippen LogP contribution in [-0.4, -0.2) is 27.8 Å². The van der Waals surface area contributed by atoms with E-state index < -0.39 is 11.6 Å². The van der Waals surface area contributed by atoms with Gasteiger partial charge < -0.3 is 10.2 Å². The van der Waals surface area contributed by atoms with Gasteiger partial charge in [-0.25, -0.2) is 18.3 Å². The normalized spacial score (nSPS) is 10.8. The van der Waals surface area contributed by atoms with Crippen LogP contribution in [0.2, 0.25) is 0 Å². The number of nitrogens with one attached hydrogen (secondary N) is 1. The summed E-state index contributed by atoms with van der Waals surface area (Å²) in [5, 5.41) is 7.39. The van der Waals surface area contributed by atoms with Crippen molar-refractivity contribution in [2.24, 2.45) is 0 Å². The molecule has 0 bridgehead atoms. The molecule has 3 rings (SSSR count). The van der Waals surface area contributed by atoms with Crippen molar-refractivity contribution in [3.05, 3.63) is 82.7 Å². The van der Waals surface area contributed by atoms with Gasteiger partial charge in [0, 0.05) is 43.0 Å². The third kappa shape index (κ3) is 4.19. The van der Waals surface area contributed by atoms with Crippen molar-refractivity contribution in [2.75, 3.05) is 7.05 Å². The highest BCUT2D eigenvalue weighted by atomic mass is 19.1. The van der Waals surface area contributed by atoms with Crippen molar-refractivity contribution >= 4 is 6.03 Å². The first-order valence-corrected chi connectivity index (χ1v) is 8.90. The van der Waals surface area contributed by atoms with E-state index in [-0.39, 0.29) is 18.1 Å². The van der Waals surface area contributed by atoms with Crippen molar-refractivity contribution in [3.8, 4) is 5.69 Å². The number of nitrogens with zero attached hydrogens (tertiary/aromatic N) is 3. The summed E-state index contributed by atoms with van der Waals surface area (Å²) in [7, 11) is 1.56. The fraction of sp³-hybridized carbons (Fsp3) is 0.238. The van der Waals surface area contributed by atoms with Crippen LogP contribution >= 0.6 is 0 Å². The maximum Gasteiger partial charge on any atom is 0.317 e. The first-order valence-electron chi connectivity index (χ1n) is 8.90. The fourth-order valence-corrected chi connectivity index (χ4v) is 3.03. The van der Waals surface area contributed by atoms with Gasteiger partial charge in [-0.15, -0.1) is 0 Å². The Kier molecular flexibility index (Phi) is 5.73. The van der Waals surface area contributed by atoms with Gasteiger partial charge in [0.05, 0.1) is 11.4 Å². The molecule has 0 aliphatic heterocycles. The first kappa shape index (κ1) is 19.5. The average molecular weight is 384 g/mol. The molecule has 0 atom stereocenters. The van der Waals surface area contributed by atoms with Crippen LogP contribution < -0.4 is 5.32 Å². The van der Waals surface area contributed by atoms with Crippen LogP contribution in [0.5, 0.6) is 0 Å². The second kappa shape index (κ2) is 8.21. The first-order chi connectivity index (χ1) is 13.4. The van der Waals surface area contributed by atoms with E-state index in [9.17, 15) is 13.6 Å². The molecule has 3 aromatic rings. The molecule has 5 nitrogen and oxygen atoms in total. The Bertz CT molecular complexity index is 986. The third-order valence-electron chi connectivity index (χ3n) is 4.63. The number of hydrogen-bond acceptors (Lipinski definition) is 2. The average Bonchev–Trinajstić information content (AvgIpc) is 2.96. The van der Waals surface area contributed by atoms with Gasteiger partial charge in [0.1, 0.15) is 11.6 Å². The summed E-state index contributed by atoms with van der Waals surface area (Å²) in [6.45, 7) is 4.19. The molecule has 0 aliphatic carbocycles. The van der Waals surface area contributed by atoms with Crippen LogP contribution in [0, 0.1) is 25.5 Å². The minimum atomic E-state index is -0.671. The van der Waals surface area contributed by atoms with Crippen LogP contribution in [0.15, 0.2) is 48.5 Å². The number of amides is 2. The van der Waals surface area contributed by atoms with Crippen molar-refractivity contribution in [1.82, 2.24) is 20.0 Å². The number of halogens is 2. The van der Waals surface area contributed by atoms with Crippen LogP contribution in [-0.2, 0) is 13.1 Å². The maximum atomic E-state index is 13.8. The Hall–Kier alpha value is -3.22. The molecule has 2 aromatic carbocycles. The predicted octanol–water partition coefficient (Wildman–Crippen LogP) is 4.11. The number of carbonyl (C=O) groups excluding carboxylic acids is 1. The number of rotatable bonds is 5. The molecule has 0 saturated heterocycles. The summed E-state index contributed by atoms with van der Waals surface area (Å²) in [5.41, 5.74) is 3.90. The van der Waals surface area contributed by atoms with E-state index in [1.165, 1.54) is 17.0 Å². The maximum absolute atomic E-state index is 13.8. The quantitative estimate of drug-likeness (QED) is 0.720. The molecule has 0 radical (unpaired) electrons. The van der Waals surface area contributed by atoms with E-state index in [0.717, 1.165) is 28.7 Å². The zero-order valence-electron chi connectivity index (χ0n) is 16.0. The number of carbonyl (C=O) groups is 1. The second-order valence-corrected chi connectivity index (χ2v) is 6.65. The van der Waals surface area contributed by atoms with E-state index in [0.29, 0.717) is 6.54 Å². The molecule has 146 valence electrons. The molecule has 0 unspecified atom stereocenters. The minimum Gasteiger partial charge on any atom is -0.334 e. The molecule has 0 aliphatic rings. The summed E-state index contributed by atoms with van der Waals surface area (Å²) in [4.78, 5) is 13.7. The Balaban J connectivity index is 1.67. The van der Waals surface area contributed by atoms with E-state index in [2.05, 4.69) is 10.4 Å². The number of benzene rings is 2. The van der Waals surface area contributed by atoms with Gasteiger partial charge in [-0.1, -0.05) is 24.3 Å². The number of aromatic nitrogens is 2. The number of hydrogen-bond donors (Lipinski definition) is 1. The van der Waals surface area contributed by atoms with Crippen LogP contribution in [0.1, 0.15) is 22.5 Å². The van der Waals surface area contributed by atoms with Gasteiger partial charge in [-0.05, 0) is 32.0 Å². The largest absolute Gasteiger partial charge is 0.334 e. The molecular weight excluding hydrogens is 362 g/mol. The molecule has 7 heteroatoms. The predicted molar refractivity (Wildman–Crippen MR) is 103 cm³/mol. The van der Waals surface area contributed by atoms with Gasteiger partial charge in [0.2, 0.25) is 0 Å². The number of urea groups is 1. The standard InChI is InChI=1S/C21H22F2N4O/c1-14-19(15(2)27(25-14)18-7-5-4-6-8-18)12-24-21(28)26(3)13-16-9-10-17(22)11-20(16)23/h4-11H,12-13H2,1-3H3,(H,24,28). The van der Waals surface area contributed by atoms with Gasteiger partial charge in [0.15, 0.2) is 0 Å². The molecule has 0 fully saturated rings. The highest BCUT2D eigenvalue weighted by molar-refractivity contribution is 5.73. The Labute approximate surface area is 162 Å². The number of aryl methyl sites for hydroxylation is 1. The SMILES string of the molecule is Cc1nn(-c2ccccc2)c(C)c1CNC(=O)N(C)Cc1ccc(F)cc1F. The lowest BCUT2D eigenvalue weighted by molar-refractivity contribution is 0.206. The van der Waals surface area contributed by atoms with Crippen LogP contribution in [0.4, 0.5) is 13.6 Å². The zero-order valence-corrected chi connectivity index (χ0v) is 16.0. The lowest BCUT2D eigenvalue weighted by Crippen LogP contribution is -2.36. The lowest BCUT2D eigenvalue weighted by Gasteiger charge is -2.18. The Morgan fingerprint density at radius 3 is 2.54 bits per heavy atom. The van der Waals surface area contributed by atoms with Crippen molar-refractivity contribution in [1.29, 1.82) is 0 Å². The van der Waals surface area contributed by atoms with E-state index >= 15 is 0 Å². The van der Waals surface area contributed by atoms with Crippen LogP contribution in [0.25, 0.3) is 5.69 Å². The van der Waals surface area contributed by atoms with Crippen molar-refractivity contribution < 1.29 is 13.6 Å².